The van der Waals surface area contributed by atoms with E-state index in [1.807, 2.05) is 0 Å². The third-order valence-electron chi connectivity index (χ3n) is 1.83. The van der Waals surface area contributed by atoms with Crippen LogP contribution < -0.4 is 5.32 Å². The average molecular weight is 215 g/mol. The molecule has 0 radical (unpaired) electrons. The Morgan fingerprint density at radius 3 is 2.40 bits per heavy atom. The Morgan fingerprint density at radius 2 is 1.93 bits per heavy atom. The van der Waals surface area contributed by atoms with E-state index in [0.717, 1.165) is 5.56 Å². The average Bonchev–Trinajstić information content (AvgIpc) is 2.18. The van der Waals surface area contributed by atoms with Gasteiger partial charge in [0.2, 0.25) is 0 Å². The molecule has 15 heavy (non-hydrogen) atoms. The number of halogens is 2. The van der Waals surface area contributed by atoms with Gasteiger partial charge in [-0.3, -0.25) is 0 Å². The van der Waals surface area contributed by atoms with E-state index in [2.05, 4.69) is 5.32 Å². The van der Waals surface area contributed by atoms with E-state index in [4.69, 9.17) is 5.11 Å². The molecule has 5 heteroatoms. The van der Waals surface area contributed by atoms with E-state index in [0.29, 0.717) is 6.54 Å². The Bertz CT molecular complexity index is 325. The SMILES string of the molecule is O=C(O)c1ccc(CNCC(F)F)cc1. The number of nitrogens with one attached hydrogen (secondary N) is 1. The maximum atomic E-state index is 11.8. The molecule has 1 aromatic carbocycles. The number of aromatic carboxylic acids is 1. The summed E-state index contributed by atoms with van der Waals surface area (Å²) in [6, 6.07) is 6.09. The third kappa shape index (κ3) is 4.03. The van der Waals surface area contributed by atoms with Gasteiger partial charge < -0.3 is 10.4 Å². The number of hydrogen-bond acceptors (Lipinski definition) is 2. The number of carboxylic acid groups (broad SMARTS) is 1. The lowest BCUT2D eigenvalue weighted by atomic mass is 10.1. The molecule has 82 valence electrons. The van der Waals surface area contributed by atoms with Crippen molar-refractivity contribution in [1.82, 2.24) is 5.32 Å². The summed E-state index contributed by atoms with van der Waals surface area (Å²) >= 11 is 0. The molecule has 0 fully saturated rings. The second kappa shape index (κ2) is 5.41. The Morgan fingerprint density at radius 1 is 1.33 bits per heavy atom. The zero-order valence-electron chi connectivity index (χ0n) is 7.91. The fourth-order valence-corrected chi connectivity index (χ4v) is 1.09. The highest BCUT2D eigenvalue weighted by Crippen LogP contribution is 2.04. The fourth-order valence-electron chi connectivity index (χ4n) is 1.09. The van der Waals surface area contributed by atoms with Crippen LogP contribution in [0.5, 0.6) is 0 Å². The number of benzene rings is 1. The lowest BCUT2D eigenvalue weighted by Crippen LogP contribution is -2.20. The number of carbonyl (C=O) groups is 1. The predicted octanol–water partition coefficient (Wildman–Crippen LogP) is 1.74. The van der Waals surface area contributed by atoms with Crippen molar-refractivity contribution in [3.63, 3.8) is 0 Å². The summed E-state index contributed by atoms with van der Waals surface area (Å²) in [5.74, 6) is -0.998. The highest BCUT2D eigenvalue weighted by atomic mass is 19.3. The van der Waals surface area contributed by atoms with Crippen molar-refractivity contribution in [2.24, 2.45) is 0 Å². The number of rotatable bonds is 5. The molecule has 0 unspecified atom stereocenters. The largest absolute Gasteiger partial charge is 0.478 e. The minimum Gasteiger partial charge on any atom is -0.478 e. The first-order valence-corrected chi connectivity index (χ1v) is 4.40. The second-order valence-corrected chi connectivity index (χ2v) is 3.02. The molecule has 0 spiro atoms. The topological polar surface area (TPSA) is 49.3 Å². The quantitative estimate of drug-likeness (QED) is 0.786. The maximum Gasteiger partial charge on any atom is 0.335 e. The predicted molar refractivity (Wildman–Crippen MR) is 51.1 cm³/mol. The maximum absolute atomic E-state index is 11.8. The fraction of sp³-hybridized carbons (Fsp3) is 0.300. The molecule has 0 bridgehead atoms. The summed E-state index contributed by atoms with van der Waals surface area (Å²) in [4.78, 5) is 10.5. The lowest BCUT2D eigenvalue weighted by molar-refractivity contribution is 0.0697. The van der Waals surface area contributed by atoms with Crippen LogP contribution in [0.15, 0.2) is 24.3 Å². The Kier molecular flexibility index (Phi) is 4.17. The van der Waals surface area contributed by atoms with E-state index in [1.54, 1.807) is 12.1 Å². The van der Waals surface area contributed by atoms with Crippen LogP contribution in [0, 0.1) is 0 Å². The van der Waals surface area contributed by atoms with Crippen LogP contribution in [0.2, 0.25) is 0 Å². The van der Waals surface area contributed by atoms with Gasteiger partial charge >= 0.3 is 5.97 Å². The molecule has 0 aromatic heterocycles. The molecular formula is C10H11F2NO2. The van der Waals surface area contributed by atoms with Crippen molar-refractivity contribution in [2.45, 2.75) is 13.0 Å². The van der Waals surface area contributed by atoms with Crippen molar-refractivity contribution in [1.29, 1.82) is 0 Å². The first-order chi connectivity index (χ1) is 7.09. The number of alkyl halides is 2. The van der Waals surface area contributed by atoms with Gasteiger partial charge in [-0.05, 0) is 17.7 Å². The van der Waals surface area contributed by atoms with Crippen LogP contribution in [-0.4, -0.2) is 24.0 Å². The Balaban J connectivity index is 2.46. The molecule has 1 rings (SSSR count). The molecule has 0 heterocycles. The molecule has 0 aliphatic carbocycles. The normalized spacial score (nSPS) is 10.6. The van der Waals surface area contributed by atoms with Gasteiger partial charge in [0.1, 0.15) is 0 Å². The van der Waals surface area contributed by atoms with Crippen molar-refractivity contribution >= 4 is 5.97 Å². The number of carboxylic acids is 1. The van der Waals surface area contributed by atoms with Crippen molar-refractivity contribution in [3.05, 3.63) is 35.4 Å². The Labute approximate surface area is 85.7 Å². The summed E-state index contributed by atoms with van der Waals surface area (Å²) in [5, 5.41) is 11.2. The smallest absolute Gasteiger partial charge is 0.335 e. The van der Waals surface area contributed by atoms with Gasteiger partial charge in [0.25, 0.3) is 6.43 Å². The molecule has 0 saturated carbocycles. The second-order valence-electron chi connectivity index (χ2n) is 3.02. The summed E-state index contributed by atoms with van der Waals surface area (Å²) in [6.45, 7) is -0.0507. The van der Waals surface area contributed by atoms with Gasteiger partial charge in [-0.15, -0.1) is 0 Å². The molecule has 3 nitrogen and oxygen atoms in total. The van der Waals surface area contributed by atoms with Gasteiger partial charge in [0.15, 0.2) is 0 Å². The van der Waals surface area contributed by atoms with Crippen LogP contribution in [0.25, 0.3) is 0 Å². The zero-order chi connectivity index (χ0) is 11.3. The van der Waals surface area contributed by atoms with Crippen LogP contribution in [0.4, 0.5) is 8.78 Å². The molecule has 0 aliphatic heterocycles. The highest BCUT2D eigenvalue weighted by molar-refractivity contribution is 5.87. The van der Waals surface area contributed by atoms with E-state index >= 15 is 0 Å². The molecule has 1 aromatic rings. The molecule has 0 atom stereocenters. The van der Waals surface area contributed by atoms with Crippen LogP contribution in [0.1, 0.15) is 15.9 Å². The van der Waals surface area contributed by atoms with E-state index < -0.39 is 12.4 Å². The summed E-state index contributed by atoms with van der Waals surface area (Å²) in [6.07, 6.45) is -2.37. The van der Waals surface area contributed by atoms with Crippen molar-refractivity contribution in [3.8, 4) is 0 Å². The highest BCUT2D eigenvalue weighted by Gasteiger charge is 2.03. The summed E-state index contributed by atoms with van der Waals surface area (Å²) in [5.41, 5.74) is 0.966. The van der Waals surface area contributed by atoms with Gasteiger partial charge in [-0.2, -0.15) is 0 Å². The van der Waals surface area contributed by atoms with Crippen LogP contribution in [-0.2, 0) is 6.54 Å². The lowest BCUT2D eigenvalue weighted by Gasteiger charge is -2.04. The zero-order valence-corrected chi connectivity index (χ0v) is 7.91. The van der Waals surface area contributed by atoms with Gasteiger partial charge in [-0.25, -0.2) is 13.6 Å². The molecule has 0 aliphatic rings. The molecule has 2 N–H and O–H groups in total. The van der Waals surface area contributed by atoms with Gasteiger partial charge in [-0.1, -0.05) is 12.1 Å². The minimum absolute atomic E-state index is 0.188. The standard InChI is InChI=1S/C10H11F2NO2/c11-9(12)6-13-5-7-1-3-8(4-2-7)10(14)15/h1-4,9,13H,5-6H2,(H,14,15). The van der Waals surface area contributed by atoms with E-state index in [9.17, 15) is 13.6 Å². The van der Waals surface area contributed by atoms with E-state index in [1.165, 1.54) is 12.1 Å². The van der Waals surface area contributed by atoms with Crippen LogP contribution in [0.3, 0.4) is 0 Å². The molecule has 0 saturated heterocycles. The van der Waals surface area contributed by atoms with Gasteiger partial charge in [0.05, 0.1) is 12.1 Å². The first kappa shape index (κ1) is 11.6. The monoisotopic (exact) mass is 215 g/mol. The van der Waals surface area contributed by atoms with Crippen molar-refractivity contribution in [2.75, 3.05) is 6.54 Å². The van der Waals surface area contributed by atoms with Crippen molar-refractivity contribution < 1.29 is 18.7 Å². The Hall–Kier alpha value is -1.49. The third-order valence-corrected chi connectivity index (χ3v) is 1.83. The minimum atomic E-state index is -2.37. The summed E-state index contributed by atoms with van der Waals surface area (Å²) in [7, 11) is 0. The first-order valence-electron chi connectivity index (χ1n) is 4.40. The summed E-state index contributed by atoms with van der Waals surface area (Å²) < 4.78 is 23.5. The van der Waals surface area contributed by atoms with Crippen LogP contribution >= 0.6 is 0 Å². The van der Waals surface area contributed by atoms with Gasteiger partial charge in [0, 0.05) is 6.54 Å². The molecular weight excluding hydrogens is 204 g/mol. The van der Waals surface area contributed by atoms with E-state index in [-0.39, 0.29) is 12.1 Å². The number of hydrogen-bond donors (Lipinski definition) is 2. The molecule has 0 amide bonds.